The molecule has 1 saturated heterocycles. The van der Waals surface area contributed by atoms with E-state index in [0.29, 0.717) is 44.2 Å². The standard InChI is InChI=1S/C19H25F3N2O/c20-19(21,22)16-6-3-7-17(14-16)23-10-12-24(13-11-23)18(25)9-8-15-4-1-2-5-15/h3,6-7,14-15H,1-2,4-5,8-13H2. The van der Waals surface area contributed by atoms with Gasteiger partial charge in [-0.3, -0.25) is 4.79 Å². The molecule has 1 aromatic rings. The average Bonchev–Trinajstić information content (AvgIpc) is 3.13. The molecule has 25 heavy (non-hydrogen) atoms. The first-order valence-corrected chi connectivity index (χ1v) is 9.13. The lowest BCUT2D eigenvalue weighted by Gasteiger charge is -2.36. The highest BCUT2D eigenvalue weighted by Gasteiger charge is 2.31. The van der Waals surface area contributed by atoms with Gasteiger partial charge in [-0.05, 0) is 30.5 Å². The summed E-state index contributed by atoms with van der Waals surface area (Å²) in [4.78, 5) is 16.1. The van der Waals surface area contributed by atoms with E-state index in [1.54, 1.807) is 6.07 Å². The van der Waals surface area contributed by atoms with Crippen molar-refractivity contribution in [2.75, 3.05) is 31.1 Å². The van der Waals surface area contributed by atoms with Crippen LogP contribution in [0.4, 0.5) is 18.9 Å². The summed E-state index contributed by atoms with van der Waals surface area (Å²) in [6.07, 6.45) is 2.32. The molecule has 3 nitrogen and oxygen atoms in total. The molecular weight excluding hydrogens is 329 g/mol. The molecule has 0 atom stereocenters. The summed E-state index contributed by atoms with van der Waals surface area (Å²) in [5.41, 5.74) is -0.0482. The van der Waals surface area contributed by atoms with Crippen molar-refractivity contribution in [1.29, 1.82) is 0 Å². The zero-order valence-electron chi connectivity index (χ0n) is 14.4. The van der Waals surface area contributed by atoms with Gasteiger partial charge in [0.15, 0.2) is 0 Å². The molecule has 0 aromatic heterocycles. The molecule has 0 radical (unpaired) electrons. The number of nitrogens with zero attached hydrogens (tertiary/aromatic N) is 2. The van der Waals surface area contributed by atoms with E-state index in [1.165, 1.54) is 37.8 Å². The van der Waals surface area contributed by atoms with Gasteiger partial charge in [0.05, 0.1) is 5.56 Å². The average molecular weight is 354 g/mol. The maximum absolute atomic E-state index is 12.8. The van der Waals surface area contributed by atoms with E-state index in [4.69, 9.17) is 0 Å². The Morgan fingerprint density at radius 2 is 1.76 bits per heavy atom. The fourth-order valence-electron chi connectivity index (χ4n) is 3.88. The van der Waals surface area contributed by atoms with Crippen LogP contribution in [-0.4, -0.2) is 37.0 Å². The molecule has 0 N–H and O–H groups in total. The molecule has 1 aromatic carbocycles. The van der Waals surface area contributed by atoms with Gasteiger partial charge in [-0.25, -0.2) is 0 Å². The van der Waals surface area contributed by atoms with Crippen LogP contribution < -0.4 is 4.90 Å². The Hall–Kier alpha value is -1.72. The largest absolute Gasteiger partial charge is 0.416 e. The van der Waals surface area contributed by atoms with Crippen LogP contribution in [0, 0.1) is 5.92 Å². The highest BCUT2D eigenvalue weighted by atomic mass is 19.4. The van der Waals surface area contributed by atoms with Gasteiger partial charge < -0.3 is 9.80 Å². The van der Waals surface area contributed by atoms with Crippen LogP contribution in [0.5, 0.6) is 0 Å². The van der Waals surface area contributed by atoms with Gasteiger partial charge >= 0.3 is 6.18 Å². The molecule has 1 aliphatic carbocycles. The first-order valence-electron chi connectivity index (χ1n) is 9.13. The number of amides is 1. The lowest BCUT2D eigenvalue weighted by Crippen LogP contribution is -2.48. The van der Waals surface area contributed by atoms with E-state index >= 15 is 0 Å². The first-order chi connectivity index (χ1) is 11.9. The molecule has 2 aliphatic rings. The summed E-state index contributed by atoms with van der Waals surface area (Å²) in [6.45, 7) is 2.33. The Morgan fingerprint density at radius 3 is 2.40 bits per heavy atom. The molecule has 0 spiro atoms. The number of rotatable bonds is 4. The lowest BCUT2D eigenvalue weighted by molar-refractivity contribution is -0.137. The Morgan fingerprint density at radius 1 is 1.08 bits per heavy atom. The smallest absolute Gasteiger partial charge is 0.368 e. The van der Waals surface area contributed by atoms with Crippen molar-refractivity contribution in [3.8, 4) is 0 Å². The van der Waals surface area contributed by atoms with E-state index in [0.717, 1.165) is 12.5 Å². The third-order valence-corrected chi connectivity index (χ3v) is 5.41. The van der Waals surface area contributed by atoms with Crippen LogP contribution >= 0.6 is 0 Å². The van der Waals surface area contributed by atoms with E-state index < -0.39 is 11.7 Å². The highest BCUT2D eigenvalue weighted by Crippen LogP contribution is 2.32. The summed E-state index contributed by atoms with van der Waals surface area (Å²) in [6, 6.07) is 5.42. The Labute approximate surface area is 146 Å². The minimum Gasteiger partial charge on any atom is -0.368 e. The lowest BCUT2D eigenvalue weighted by atomic mass is 10.0. The van der Waals surface area contributed by atoms with Gasteiger partial charge in [0, 0.05) is 38.3 Å². The van der Waals surface area contributed by atoms with E-state index in [9.17, 15) is 18.0 Å². The molecule has 138 valence electrons. The van der Waals surface area contributed by atoms with Gasteiger partial charge in [-0.1, -0.05) is 31.7 Å². The monoisotopic (exact) mass is 354 g/mol. The minimum atomic E-state index is -4.33. The summed E-state index contributed by atoms with van der Waals surface area (Å²) >= 11 is 0. The number of halogens is 3. The van der Waals surface area contributed by atoms with Crippen molar-refractivity contribution in [1.82, 2.24) is 4.90 Å². The topological polar surface area (TPSA) is 23.6 Å². The summed E-state index contributed by atoms with van der Waals surface area (Å²) < 4.78 is 38.5. The number of anilines is 1. The second-order valence-corrected chi connectivity index (χ2v) is 7.11. The van der Waals surface area contributed by atoms with Gasteiger partial charge in [0.25, 0.3) is 0 Å². The first kappa shape index (κ1) is 18.1. The molecule has 3 rings (SSSR count). The van der Waals surface area contributed by atoms with Crippen molar-refractivity contribution >= 4 is 11.6 Å². The number of hydrogen-bond acceptors (Lipinski definition) is 2. The maximum atomic E-state index is 12.8. The van der Waals surface area contributed by atoms with Gasteiger partial charge in [0.1, 0.15) is 0 Å². The van der Waals surface area contributed by atoms with E-state index in [1.807, 2.05) is 9.80 Å². The molecule has 0 bridgehead atoms. The number of hydrogen-bond donors (Lipinski definition) is 0. The summed E-state index contributed by atoms with van der Waals surface area (Å²) in [5, 5.41) is 0. The minimum absolute atomic E-state index is 0.190. The van der Waals surface area contributed by atoms with Crippen LogP contribution in [0.15, 0.2) is 24.3 Å². The maximum Gasteiger partial charge on any atom is 0.416 e. The quantitative estimate of drug-likeness (QED) is 0.804. The summed E-state index contributed by atoms with van der Waals surface area (Å²) in [7, 11) is 0. The third kappa shape index (κ3) is 4.67. The zero-order chi connectivity index (χ0) is 17.9. The molecule has 1 saturated carbocycles. The van der Waals surface area contributed by atoms with Crippen LogP contribution in [-0.2, 0) is 11.0 Å². The van der Waals surface area contributed by atoms with E-state index in [2.05, 4.69) is 0 Å². The van der Waals surface area contributed by atoms with Crippen LogP contribution in [0.1, 0.15) is 44.1 Å². The second-order valence-electron chi connectivity index (χ2n) is 7.11. The van der Waals surface area contributed by atoms with Crippen molar-refractivity contribution in [3.63, 3.8) is 0 Å². The Kier molecular flexibility index (Phi) is 5.54. The van der Waals surface area contributed by atoms with Crippen molar-refractivity contribution in [2.24, 2.45) is 5.92 Å². The molecular formula is C19H25F3N2O. The fourth-order valence-corrected chi connectivity index (χ4v) is 3.88. The number of alkyl halides is 3. The van der Waals surface area contributed by atoms with Gasteiger partial charge in [-0.2, -0.15) is 13.2 Å². The van der Waals surface area contributed by atoms with Crippen LogP contribution in [0.2, 0.25) is 0 Å². The van der Waals surface area contributed by atoms with Gasteiger partial charge in [0.2, 0.25) is 5.91 Å². The molecule has 1 heterocycles. The van der Waals surface area contributed by atoms with E-state index in [-0.39, 0.29) is 5.91 Å². The van der Waals surface area contributed by atoms with Crippen molar-refractivity contribution < 1.29 is 18.0 Å². The third-order valence-electron chi connectivity index (χ3n) is 5.41. The number of carbonyl (C=O) groups excluding carboxylic acids is 1. The normalized spacial score (nSPS) is 19.5. The molecule has 1 amide bonds. The summed E-state index contributed by atoms with van der Waals surface area (Å²) in [5.74, 6) is 0.894. The number of piperazine rings is 1. The highest BCUT2D eigenvalue weighted by molar-refractivity contribution is 5.76. The van der Waals surface area contributed by atoms with Crippen molar-refractivity contribution in [2.45, 2.75) is 44.7 Å². The molecule has 0 unspecified atom stereocenters. The Balaban J connectivity index is 1.50. The fraction of sp³-hybridized carbons (Fsp3) is 0.632. The van der Waals surface area contributed by atoms with Crippen LogP contribution in [0.3, 0.4) is 0 Å². The molecule has 2 fully saturated rings. The Bertz CT molecular complexity index is 589. The molecule has 6 heteroatoms. The SMILES string of the molecule is O=C(CCC1CCCC1)N1CCN(c2cccc(C(F)(F)F)c2)CC1. The zero-order valence-corrected chi connectivity index (χ0v) is 14.4. The number of carbonyl (C=O) groups is 1. The van der Waals surface area contributed by atoms with Crippen LogP contribution in [0.25, 0.3) is 0 Å². The second kappa shape index (κ2) is 7.67. The van der Waals surface area contributed by atoms with Gasteiger partial charge in [-0.15, -0.1) is 0 Å². The number of benzene rings is 1. The van der Waals surface area contributed by atoms with Crippen molar-refractivity contribution in [3.05, 3.63) is 29.8 Å². The predicted octanol–water partition coefficient (Wildman–Crippen LogP) is 4.32. The predicted molar refractivity (Wildman–Crippen MR) is 91.4 cm³/mol. The molecule has 1 aliphatic heterocycles.